The minimum atomic E-state index is -0.472. The molecule has 0 atom stereocenters. The van der Waals surface area contributed by atoms with E-state index in [1.54, 1.807) is 18.3 Å². The van der Waals surface area contributed by atoms with Crippen LogP contribution in [0.2, 0.25) is 0 Å². The number of hydrogen-bond acceptors (Lipinski definition) is 5. The van der Waals surface area contributed by atoms with Crippen LogP contribution in [0.1, 0.15) is 11.1 Å². The molecule has 0 radical (unpaired) electrons. The maximum Gasteiger partial charge on any atom is 2.00 e. The zero-order valence-corrected chi connectivity index (χ0v) is 16.5. The minimum absolute atomic E-state index is 0. The summed E-state index contributed by atoms with van der Waals surface area (Å²) < 4.78 is 0. The molecule has 0 heterocycles. The van der Waals surface area contributed by atoms with Crippen LogP contribution >= 0.6 is 0 Å². The van der Waals surface area contributed by atoms with E-state index in [0.717, 1.165) is 11.3 Å². The van der Waals surface area contributed by atoms with Crippen LogP contribution in [0.5, 0.6) is 0 Å². The van der Waals surface area contributed by atoms with Gasteiger partial charge in [0.05, 0.1) is 5.69 Å². The number of aryl methyl sites for hydroxylation is 1. The smallest absolute Gasteiger partial charge is 0.305 e. The summed E-state index contributed by atoms with van der Waals surface area (Å²) in [5.74, 6) is 0. The SMILES string of the molecule is Cc1ccc(N=Cc2[c-]ccc([N+](=O)[O-])c2)cc1.O=[N+]([O-])c1[c-]cccc1.[Ru+2]. The zero-order chi connectivity index (χ0) is 19.6. The Morgan fingerprint density at radius 2 is 1.64 bits per heavy atom. The maximum absolute atomic E-state index is 10.6. The van der Waals surface area contributed by atoms with Crippen LogP contribution < -0.4 is 0 Å². The second-order valence-corrected chi connectivity index (χ2v) is 5.36. The number of para-hydroxylation sites is 1. The summed E-state index contributed by atoms with van der Waals surface area (Å²) in [5.41, 5.74) is 2.61. The molecular weight excluding hydrogens is 447 g/mol. The predicted molar refractivity (Wildman–Crippen MR) is 102 cm³/mol. The molecule has 28 heavy (non-hydrogen) atoms. The molecule has 0 aliphatic heterocycles. The van der Waals surface area contributed by atoms with Gasteiger partial charge < -0.3 is 4.99 Å². The number of aliphatic imine (C=N–C) groups is 1. The molecule has 0 bridgehead atoms. The topological polar surface area (TPSA) is 98.6 Å². The van der Waals surface area contributed by atoms with E-state index < -0.39 is 9.85 Å². The second kappa shape index (κ2) is 11.5. The summed E-state index contributed by atoms with van der Waals surface area (Å²) in [4.78, 5) is 23.9. The molecule has 8 heteroatoms. The largest absolute Gasteiger partial charge is 2.00 e. The Balaban J connectivity index is 0.000000332. The summed E-state index contributed by atoms with van der Waals surface area (Å²) in [6.45, 7) is 2.00. The average molecular weight is 462 g/mol. The van der Waals surface area contributed by atoms with Crippen molar-refractivity contribution in [2.75, 3.05) is 0 Å². The predicted octanol–water partition coefficient (Wildman–Crippen LogP) is 4.85. The van der Waals surface area contributed by atoms with Crippen molar-refractivity contribution in [3.05, 3.63) is 110 Å². The molecule has 0 amide bonds. The van der Waals surface area contributed by atoms with Crippen LogP contribution in [-0.2, 0) is 19.5 Å². The molecule has 0 spiro atoms. The third kappa shape index (κ3) is 7.55. The molecule has 0 aliphatic rings. The van der Waals surface area contributed by atoms with E-state index in [2.05, 4.69) is 17.1 Å². The molecular formula is C20H15N3O4Ru. The first-order valence-corrected chi connectivity index (χ1v) is 7.83. The van der Waals surface area contributed by atoms with Crippen molar-refractivity contribution in [2.24, 2.45) is 4.99 Å². The zero-order valence-electron chi connectivity index (χ0n) is 14.8. The molecule has 3 rings (SSSR count). The van der Waals surface area contributed by atoms with Crippen molar-refractivity contribution >= 4 is 23.3 Å². The standard InChI is InChI=1S/C14H11N2O2.C6H4NO2.Ru/c1-11-5-7-13(8-6-11)15-10-12-3-2-4-14(9-12)16(17)18;8-7(9)6-4-2-1-3-5-6;/h2,4-10H,1H3;1-4H;/q2*-1;+2. The molecule has 0 aliphatic carbocycles. The van der Waals surface area contributed by atoms with Gasteiger partial charge in [-0.3, -0.25) is 20.2 Å². The minimum Gasteiger partial charge on any atom is -0.305 e. The second-order valence-electron chi connectivity index (χ2n) is 5.36. The number of benzene rings is 3. The van der Waals surface area contributed by atoms with Crippen molar-refractivity contribution in [1.29, 1.82) is 0 Å². The first-order chi connectivity index (χ1) is 13.0. The summed E-state index contributed by atoms with van der Waals surface area (Å²) >= 11 is 0. The van der Waals surface area contributed by atoms with Crippen molar-refractivity contribution in [1.82, 2.24) is 0 Å². The van der Waals surface area contributed by atoms with E-state index in [4.69, 9.17) is 0 Å². The molecule has 0 fully saturated rings. The average Bonchev–Trinajstić information content (AvgIpc) is 2.69. The first-order valence-electron chi connectivity index (χ1n) is 7.83. The summed E-state index contributed by atoms with van der Waals surface area (Å²) in [7, 11) is 0. The molecule has 0 saturated carbocycles. The van der Waals surface area contributed by atoms with E-state index >= 15 is 0 Å². The Morgan fingerprint density at radius 3 is 2.18 bits per heavy atom. The van der Waals surface area contributed by atoms with E-state index in [1.807, 2.05) is 31.2 Å². The fourth-order valence-corrected chi connectivity index (χ4v) is 1.93. The van der Waals surface area contributed by atoms with Gasteiger partial charge in [-0.05, 0) is 25.3 Å². The Hall–Kier alpha value is -3.25. The van der Waals surface area contributed by atoms with Crippen LogP contribution in [-0.4, -0.2) is 16.1 Å². The third-order valence-corrected chi connectivity index (χ3v) is 3.29. The molecule has 0 unspecified atom stereocenters. The van der Waals surface area contributed by atoms with E-state index in [1.165, 1.54) is 30.3 Å². The van der Waals surface area contributed by atoms with Gasteiger partial charge in [0, 0.05) is 9.85 Å². The van der Waals surface area contributed by atoms with E-state index in [9.17, 15) is 20.2 Å². The fourth-order valence-electron chi connectivity index (χ4n) is 1.93. The van der Waals surface area contributed by atoms with E-state index in [-0.39, 0.29) is 30.9 Å². The number of nitro benzene ring substituents is 2. The Bertz CT molecular complexity index is 945. The van der Waals surface area contributed by atoms with Crippen LogP contribution in [0.3, 0.4) is 0 Å². The monoisotopic (exact) mass is 463 g/mol. The van der Waals surface area contributed by atoms with Gasteiger partial charge in [0.2, 0.25) is 0 Å². The Labute approximate surface area is 174 Å². The van der Waals surface area contributed by atoms with Gasteiger partial charge in [-0.15, -0.1) is 23.8 Å². The van der Waals surface area contributed by atoms with Crippen LogP contribution in [0, 0.1) is 39.3 Å². The molecule has 3 aromatic rings. The quantitative estimate of drug-likeness (QED) is 0.182. The molecule has 0 aromatic heterocycles. The normalized spacial score (nSPS) is 9.75. The van der Waals surface area contributed by atoms with Gasteiger partial charge in [0.15, 0.2) is 11.4 Å². The Kier molecular flexibility index (Phi) is 9.33. The van der Waals surface area contributed by atoms with Gasteiger partial charge in [-0.2, -0.15) is 18.2 Å². The van der Waals surface area contributed by atoms with Crippen molar-refractivity contribution in [3.63, 3.8) is 0 Å². The summed E-state index contributed by atoms with van der Waals surface area (Å²) in [6.07, 6.45) is 1.57. The molecule has 142 valence electrons. The number of hydrogen-bond donors (Lipinski definition) is 0. The van der Waals surface area contributed by atoms with Gasteiger partial charge in [0.1, 0.15) is 0 Å². The molecule has 7 nitrogen and oxygen atoms in total. The van der Waals surface area contributed by atoms with Crippen LogP contribution in [0.4, 0.5) is 17.1 Å². The van der Waals surface area contributed by atoms with Crippen LogP contribution in [0.25, 0.3) is 0 Å². The number of rotatable bonds is 4. The molecule has 0 N–H and O–H groups in total. The third-order valence-electron chi connectivity index (χ3n) is 3.29. The number of nitro groups is 2. The summed E-state index contributed by atoms with van der Waals surface area (Å²) in [6, 6.07) is 23.6. The number of nitrogens with zero attached hydrogens (tertiary/aromatic N) is 3. The number of non-ortho nitro benzene ring substituents is 2. The van der Waals surface area contributed by atoms with Gasteiger partial charge >= 0.3 is 19.5 Å². The fraction of sp³-hybridized carbons (Fsp3) is 0.0500. The van der Waals surface area contributed by atoms with Gasteiger partial charge in [-0.1, -0.05) is 35.9 Å². The molecule has 3 aromatic carbocycles. The van der Waals surface area contributed by atoms with E-state index in [0.29, 0.717) is 5.56 Å². The van der Waals surface area contributed by atoms with Crippen molar-refractivity contribution in [3.8, 4) is 0 Å². The summed E-state index contributed by atoms with van der Waals surface area (Å²) in [5, 5.41) is 20.6. The Morgan fingerprint density at radius 1 is 0.929 bits per heavy atom. The molecule has 0 saturated heterocycles. The maximum atomic E-state index is 10.6. The van der Waals surface area contributed by atoms with Crippen LogP contribution in [0.15, 0.2) is 71.7 Å². The van der Waals surface area contributed by atoms with Gasteiger partial charge in [-0.25, -0.2) is 0 Å². The van der Waals surface area contributed by atoms with Crippen molar-refractivity contribution in [2.45, 2.75) is 6.92 Å². The van der Waals surface area contributed by atoms with Gasteiger partial charge in [0.25, 0.3) is 0 Å². The van der Waals surface area contributed by atoms with Crippen molar-refractivity contribution < 1.29 is 29.3 Å². The first kappa shape index (κ1) is 22.8.